The second kappa shape index (κ2) is 5.02. The number of rotatable bonds is 1. The molecule has 2 N–H and O–H groups in total. The second-order valence-electron chi connectivity index (χ2n) is 4.15. The molecule has 1 aliphatic rings. The number of morpholine rings is 1. The molecular formula is C12H14N4O2. The Kier molecular flexibility index (Phi) is 3.44. The third kappa shape index (κ3) is 2.41. The Morgan fingerprint density at radius 2 is 2.50 bits per heavy atom. The molecule has 1 unspecified atom stereocenters. The number of hydrogen-bond acceptors (Lipinski definition) is 5. The topological polar surface area (TPSA) is 92.2 Å². The van der Waals surface area contributed by atoms with Crippen molar-refractivity contribution in [2.24, 2.45) is 0 Å². The predicted molar refractivity (Wildman–Crippen MR) is 64.6 cm³/mol. The van der Waals surface area contributed by atoms with E-state index in [1.54, 1.807) is 11.0 Å². The summed E-state index contributed by atoms with van der Waals surface area (Å²) in [7, 11) is 0. The van der Waals surface area contributed by atoms with Crippen LogP contribution in [-0.4, -0.2) is 41.6 Å². The molecule has 2 heterocycles. The summed E-state index contributed by atoms with van der Waals surface area (Å²) < 4.78 is 5.19. The molecule has 0 saturated carbocycles. The number of nitrogen functional groups attached to an aromatic ring is 1. The van der Waals surface area contributed by atoms with Gasteiger partial charge in [0, 0.05) is 24.1 Å². The summed E-state index contributed by atoms with van der Waals surface area (Å²) in [5.41, 5.74) is 7.36. The first-order chi connectivity index (χ1) is 8.61. The monoisotopic (exact) mass is 246 g/mol. The molecule has 1 saturated heterocycles. The molecule has 18 heavy (non-hydrogen) atoms. The van der Waals surface area contributed by atoms with E-state index in [4.69, 9.17) is 15.7 Å². The zero-order valence-electron chi connectivity index (χ0n) is 10.1. The summed E-state index contributed by atoms with van der Waals surface area (Å²) in [4.78, 5) is 17.9. The maximum atomic E-state index is 12.2. The van der Waals surface area contributed by atoms with Crippen LogP contribution in [0.5, 0.6) is 0 Å². The van der Waals surface area contributed by atoms with E-state index < -0.39 is 6.10 Å². The Morgan fingerprint density at radius 1 is 1.72 bits per heavy atom. The highest BCUT2D eigenvalue weighted by molar-refractivity contribution is 5.98. The Balaban J connectivity index is 2.18. The first-order valence-electron chi connectivity index (χ1n) is 5.64. The number of ether oxygens (including phenoxy) is 1. The number of aryl methyl sites for hydroxylation is 1. The fourth-order valence-electron chi connectivity index (χ4n) is 1.84. The third-order valence-corrected chi connectivity index (χ3v) is 2.80. The lowest BCUT2D eigenvalue weighted by atomic mass is 10.1. The fourth-order valence-corrected chi connectivity index (χ4v) is 1.84. The molecule has 6 nitrogen and oxygen atoms in total. The van der Waals surface area contributed by atoms with Gasteiger partial charge in [-0.05, 0) is 13.0 Å². The van der Waals surface area contributed by atoms with Gasteiger partial charge in [0.15, 0.2) is 6.10 Å². The lowest BCUT2D eigenvalue weighted by molar-refractivity contribution is 0.00349. The van der Waals surface area contributed by atoms with Crippen LogP contribution < -0.4 is 5.73 Å². The second-order valence-corrected chi connectivity index (χ2v) is 4.15. The smallest absolute Gasteiger partial charge is 0.257 e. The van der Waals surface area contributed by atoms with E-state index in [9.17, 15) is 4.79 Å². The Morgan fingerprint density at radius 3 is 3.17 bits per heavy atom. The SMILES string of the molecule is Cc1cc(N)c(C(=O)N2CCOC(C#N)C2)cn1. The minimum Gasteiger partial charge on any atom is -0.398 e. The zero-order valence-corrected chi connectivity index (χ0v) is 10.1. The molecule has 0 spiro atoms. The molecule has 1 fully saturated rings. The lowest BCUT2D eigenvalue weighted by Gasteiger charge is -2.30. The van der Waals surface area contributed by atoms with Gasteiger partial charge in [0.05, 0.1) is 24.8 Å². The van der Waals surface area contributed by atoms with Crippen molar-refractivity contribution >= 4 is 11.6 Å². The minimum absolute atomic E-state index is 0.205. The van der Waals surface area contributed by atoms with Gasteiger partial charge in [-0.1, -0.05) is 0 Å². The van der Waals surface area contributed by atoms with Crippen molar-refractivity contribution in [1.29, 1.82) is 5.26 Å². The number of pyridine rings is 1. The molecule has 1 aromatic rings. The third-order valence-electron chi connectivity index (χ3n) is 2.80. The molecule has 0 aromatic carbocycles. The highest BCUT2D eigenvalue weighted by Gasteiger charge is 2.26. The van der Waals surface area contributed by atoms with Crippen LogP contribution in [0.1, 0.15) is 16.1 Å². The molecule has 2 rings (SSSR count). The maximum Gasteiger partial charge on any atom is 0.257 e. The van der Waals surface area contributed by atoms with Gasteiger partial charge >= 0.3 is 0 Å². The Bertz CT molecular complexity index is 509. The highest BCUT2D eigenvalue weighted by atomic mass is 16.5. The maximum absolute atomic E-state index is 12.2. The van der Waals surface area contributed by atoms with Crippen LogP contribution in [0.25, 0.3) is 0 Å². The lowest BCUT2D eigenvalue weighted by Crippen LogP contribution is -2.45. The number of hydrogen-bond donors (Lipinski definition) is 1. The van der Waals surface area contributed by atoms with E-state index >= 15 is 0 Å². The van der Waals surface area contributed by atoms with Crippen LogP contribution in [-0.2, 0) is 4.74 Å². The van der Waals surface area contributed by atoms with Gasteiger partial charge in [0.1, 0.15) is 0 Å². The van der Waals surface area contributed by atoms with Crippen molar-refractivity contribution < 1.29 is 9.53 Å². The average molecular weight is 246 g/mol. The van der Waals surface area contributed by atoms with Crippen LogP contribution in [0.4, 0.5) is 5.69 Å². The van der Waals surface area contributed by atoms with E-state index in [2.05, 4.69) is 4.98 Å². The first kappa shape index (κ1) is 12.3. The number of carbonyl (C=O) groups is 1. The van der Waals surface area contributed by atoms with E-state index in [0.717, 1.165) is 5.69 Å². The van der Waals surface area contributed by atoms with Crippen molar-refractivity contribution in [3.63, 3.8) is 0 Å². The van der Waals surface area contributed by atoms with Gasteiger partial charge in [-0.3, -0.25) is 9.78 Å². The van der Waals surface area contributed by atoms with Gasteiger partial charge in [-0.15, -0.1) is 0 Å². The number of carbonyl (C=O) groups excluding carboxylic acids is 1. The number of amides is 1. The van der Waals surface area contributed by atoms with E-state index in [1.165, 1.54) is 6.20 Å². The quantitative estimate of drug-likeness (QED) is 0.771. The number of aromatic nitrogens is 1. The minimum atomic E-state index is -0.567. The summed E-state index contributed by atoms with van der Waals surface area (Å²) in [6, 6.07) is 3.66. The Hall–Kier alpha value is -2.13. The predicted octanol–water partition coefficient (Wildman–Crippen LogP) is 0.337. The summed E-state index contributed by atoms with van der Waals surface area (Å²) in [5, 5.41) is 8.80. The number of anilines is 1. The van der Waals surface area contributed by atoms with Gasteiger partial charge in [-0.2, -0.15) is 5.26 Å². The normalized spacial score (nSPS) is 19.3. The number of nitriles is 1. The molecular weight excluding hydrogens is 232 g/mol. The summed E-state index contributed by atoms with van der Waals surface area (Å²) in [5.74, 6) is -0.205. The van der Waals surface area contributed by atoms with Crippen molar-refractivity contribution in [3.05, 3.63) is 23.5 Å². The van der Waals surface area contributed by atoms with Crippen LogP contribution in [0, 0.1) is 18.3 Å². The van der Waals surface area contributed by atoms with E-state index in [1.807, 2.05) is 13.0 Å². The summed E-state index contributed by atoms with van der Waals surface area (Å²) in [6.45, 7) is 2.90. The molecule has 0 radical (unpaired) electrons. The van der Waals surface area contributed by atoms with Gasteiger partial charge in [0.25, 0.3) is 5.91 Å². The molecule has 0 aliphatic carbocycles. The van der Waals surface area contributed by atoms with Crippen molar-refractivity contribution in [1.82, 2.24) is 9.88 Å². The fraction of sp³-hybridized carbons (Fsp3) is 0.417. The van der Waals surface area contributed by atoms with Crippen molar-refractivity contribution in [2.75, 3.05) is 25.4 Å². The van der Waals surface area contributed by atoms with Gasteiger partial charge in [0.2, 0.25) is 0 Å². The van der Waals surface area contributed by atoms with Crippen LogP contribution in [0.15, 0.2) is 12.3 Å². The molecule has 94 valence electrons. The van der Waals surface area contributed by atoms with Gasteiger partial charge < -0.3 is 15.4 Å². The number of nitrogens with zero attached hydrogens (tertiary/aromatic N) is 3. The standard InChI is InChI=1S/C12H14N4O2/c1-8-4-11(14)10(6-15-8)12(17)16-2-3-18-9(5-13)7-16/h4,6,9H,2-3,7H2,1H3,(H2,14,15). The first-order valence-corrected chi connectivity index (χ1v) is 5.64. The largest absolute Gasteiger partial charge is 0.398 e. The van der Waals surface area contributed by atoms with Crippen molar-refractivity contribution in [2.45, 2.75) is 13.0 Å². The van der Waals surface area contributed by atoms with Gasteiger partial charge in [-0.25, -0.2) is 0 Å². The molecule has 6 heteroatoms. The van der Waals surface area contributed by atoms with Crippen LogP contribution in [0.3, 0.4) is 0 Å². The molecule has 0 bridgehead atoms. The number of nitrogens with two attached hydrogens (primary N) is 1. The zero-order chi connectivity index (χ0) is 13.1. The molecule has 1 aromatic heterocycles. The molecule has 1 amide bonds. The van der Waals surface area contributed by atoms with E-state index in [-0.39, 0.29) is 12.5 Å². The Labute approximate surface area is 105 Å². The highest BCUT2D eigenvalue weighted by Crippen LogP contribution is 2.16. The van der Waals surface area contributed by atoms with Crippen molar-refractivity contribution in [3.8, 4) is 6.07 Å². The molecule has 1 atom stereocenters. The average Bonchev–Trinajstić information content (AvgIpc) is 2.38. The summed E-state index contributed by atoms with van der Waals surface area (Å²) in [6.07, 6.45) is 0.909. The van der Waals surface area contributed by atoms with Crippen LogP contribution >= 0.6 is 0 Å². The van der Waals surface area contributed by atoms with Crippen LogP contribution in [0.2, 0.25) is 0 Å². The summed E-state index contributed by atoms with van der Waals surface area (Å²) >= 11 is 0. The molecule has 1 aliphatic heterocycles. The van der Waals surface area contributed by atoms with E-state index in [0.29, 0.717) is 24.4 Å².